The topological polar surface area (TPSA) is 34.1 Å². The average Bonchev–Trinajstić information content (AvgIpc) is 3.23. The van der Waals surface area contributed by atoms with Crippen LogP contribution in [0.5, 0.6) is 0 Å². The summed E-state index contributed by atoms with van der Waals surface area (Å²) in [7, 11) is -7.06. The first-order valence-corrected chi connectivity index (χ1v) is 20.9. The minimum absolute atomic E-state index is 0.720. The van der Waals surface area contributed by atoms with E-state index in [1.807, 2.05) is 146 Å². The number of hydrogen-bond donors (Lipinski definition) is 0. The van der Waals surface area contributed by atoms with Crippen LogP contribution in [0.4, 0.5) is 0 Å². The molecule has 0 unspecified atom stereocenters. The minimum atomic E-state index is -3.53. The molecule has 0 saturated heterocycles. The van der Waals surface area contributed by atoms with Crippen LogP contribution in [-0.2, 0) is 9.13 Å². The van der Waals surface area contributed by atoms with Crippen molar-refractivity contribution in [1.29, 1.82) is 0 Å². The number of fused-ring (bicyclic) bond motifs is 4. The van der Waals surface area contributed by atoms with Gasteiger partial charge >= 0.3 is 0 Å². The van der Waals surface area contributed by atoms with E-state index in [0.29, 0.717) is 0 Å². The highest BCUT2D eigenvalue weighted by Gasteiger charge is 2.34. The van der Waals surface area contributed by atoms with E-state index in [1.54, 1.807) is 0 Å². The van der Waals surface area contributed by atoms with Crippen LogP contribution >= 0.6 is 14.3 Å². The molecule has 9 rings (SSSR count). The van der Waals surface area contributed by atoms with Crippen molar-refractivity contribution in [3.8, 4) is 0 Å². The van der Waals surface area contributed by atoms with Crippen molar-refractivity contribution in [1.82, 2.24) is 0 Å². The first-order valence-electron chi connectivity index (χ1n) is 17.5. The highest BCUT2D eigenvalue weighted by atomic mass is 31.2. The summed E-state index contributed by atoms with van der Waals surface area (Å²) in [6.45, 7) is 0. The summed E-state index contributed by atoms with van der Waals surface area (Å²) in [4.78, 5) is 0. The molecule has 0 amide bonds. The molecule has 8 aromatic rings. The Morgan fingerprint density at radius 2 is 0.462 bits per heavy atom. The summed E-state index contributed by atoms with van der Waals surface area (Å²) in [5.74, 6) is 0. The van der Waals surface area contributed by atoms with Crippen LogP contribution in [0.25, 0.3) is 0 Å². The molecule has 0 N–H and O–H groups in total. The Labute approximate surface area is 302 Å². The second kappa shape index (κ2) is 13.1. The first kappa shape index (κ1) is 32.1. The van der Waals surface area contributed by atoms with Crippen LogP contribution in [0.1, 0.15) is 0 Å². The molecular formula is C48H34O2P2. The summed E-state index contributed by atoms with van der Waals surface area (Å²) in [5, 5.41) is 12.3. The van der Waals surface area contributed by atoms with E-state index in [1.165, 1.54) is 0 Å². The standard InChI is InChI=1S/C48H34O2P2/c49-51(35-19-5-1-6-20-35,36-21-7-2-8-22-36)45-33-17-31-43-41-29-15-13-27-39(41)40-28-14-16-30-42(40)44-32-18-34-46(48(44)47(43)45)52(50,37-23-9-3-10-24-37)38-25-11-4-12-26-38/h1-34H. The Morgan fingerprint density at radius 1 is 0.231 bits per heavy atom. The van der Waals surface area contributed by atoms with Gasteiger partial charge in [0, 0.05) is 42.3 Å². The monoisotopic (exact) mass is 704 g/mol. The van der Waals surface area contributed by atoms with Crippen molar-refractivity contribution in [3.05, 3.63) is 248 Å². The molecule has 0 fully saturated rings. The quantitative estimate of drug-likeness (QED) is 0.163. The van der Waals surface area contributed by atoms with Gasteiger partial charge in [0.1, 0.15) is 0 Å². The minimum Gasteiger partial charge on any atom is -0.309 e. The van der Waals surface area contributed by atoms with Gasteiger partial charge in [-0.25, -0.2) is 0 Å². The highest BCUT2D eigenvalue weighted by molar-refractivity contribution is 7.86. The van der Waals surface area contributed by atoms with Crippen LogP contribution in [0.3, 0.4) is 0 Å². The number of hydrogen-bond acceptors (Lipinski definition) is 2. The van der Waals surface area contributed by atoms with Crippen molar-refractivity contribution in [3.63, 3.8) is 0 Å². The summed E-state index contributed by atoms with van der Waals surface area (Å²) >= 11 is 0. The van der Waals surface area contributed by atoms with Crippen molar-refractivity contribution in [2.75, 3.05) is 0 Å². The molecule has 0 radical (unpaired) electrons. The van der Waals surface area contributed by atoms with Gasteiger partial charge in [0.15, 0.2) is 14.3 Å². The van der Waals surface area contributed by atoms with Gasteiger partial charge in [0.25, 0.3) is 0 Å². The van der Waals surface area contributed by atoms with Crippen molar-refractivity contribution < 1.29 is 9.13 Å². The largest absolute Gasteiger partial charge is 0.309 e. The Morgan fingerprint density at radius 3 is 0.750 bits per heavy atom. The lowest BCUT2D eigenvalue weighted by atomic mass is 10.0. The molecule has 0 bridgehead atoms. The number of benzene rings is 8. The summed E-state index contributed by atoms with van der Waals surface area (Å²) in [6, 6.07) is 68.7. The second-order valence-electron chi connectivity index (χ2n) is 13.1. The zero-order valence-electron chi connectivity index (χ0n) is 28.3. The first-order chi connectivity index (χ1) is 25.6. The molecule has 52 heavy (non-hydrogen) atoms. The lowest BCUT2D eigenvalue weighted by Gasteiger charge is -2.24. The van der Waals surface area contributed by atoms with Gasteiger partial charge in [-0.05, 0) is 31.3 Å². The molecule has 8 aromatic carbocycles. The third-order valence-corrected chi connectivity index (χ3v) is 16.4. The molecule has 4 heteroatoms. The van der Waals surface area contributed by atoms with E-state index >= 15 is 9.13 Å². The lowest BCUT2D eigenvalue weighted by molar-refractivity contribution is 0.591. The predicted molar refractivity (Wildman–Crippen MR) is 215 cm³/mol. The zero-order valence-corrected chi connectivity index (χ0v) is 30.1. The van der Waals surface area contributed by atoms with E-state index in [2.05, 4.69) is 60.7 Å². The molecule has 0 atom stereocenters. The SMILES string of the molecule is O=P(c1ccccc1)(c1ccccc1)c1cccc2c1=c1c(P(=O)(c3ccccc3)c3ccccc3)cccc1=c1ccccc1=c1ccccc1=2. The van der Waals surface area contributed by atoms with Crippen molar-refractivity contribution in [2.24, 2.45) is 0 Å². The Balaban J connectivity index is 1.68. The predicted octanol–water partition coefficient (Wildman–Crippen LogP) is 8.43. The smallest absolute Gasteiger partial charge is 0.171 e. The van der Waals surface area contributed by atoms with Gasteiger partial charge in [-0.3, -0.25) is 0 Å². The third kappa shape index (κ3) is 5.02. The van der Waals surface area contributed by atoms with Crippen LogP contribution in [0, 0.1) is 41.7 Å². The van der Waals surface area contributed by atoms with Crippen LogP contribution in [0.2, 0.25) is 0 Å². The Hall–Kier alpha value is -5.78. The maximum Gasteiger partial charge on any atom is 0.171 e. The van der Waals surface area contributed by atoms with Crippen molar-refractivity contribution >= 4 is 46.1 Å². The van der Waals surface area contributed by atoms with E-state index in [9.17, 15) is 0 Å². The highest BCUT2D eigenvalue weighted by Crippen LogP contribution is 2.45. The summed E-state index contributed by atoms with van der Waals surface area (Å²) in [5.41, 5.74) is 0. The molecule has 0 saturated carbocycles. The Bertz CT molecular complexity index is 2820. The maximum atomic E-state index is 16.5. The van der Waals surface area contributed by atoms with Gasteiger partial charge in [0.2, 0.25) is 0 Å². The van der Waals surface area contributed by atoms with Crippen molar-refractivity contribution in [2.45, 2.75) is 0 Å². The van der Waals surface area contributed by atoms with Gasteiger partial charge in [-0.1, -0.05) is 206 Å². The van der Waals surface area contributed by atoms with Crippen LogP contribution < -0.4 is 31.8 Å². The molecular weight excluding hydrogens is 670 g/mol. The molecule has 1 aliphatic rings. The molecule has 1 aliphatic carbocycles. The molecule has 2 nitrogen and oxygen atoms in total. The van der Waals surface area contributed by atoms with Crippen LogP contribution in [0.15, 0.2) is 206 Å². The molecule has 0 spiro atoms. The molecule has 0 aliphatic heterocycles. The van der Waals surface area contributed by atoms with E-state index < -0.39 is 14.3 Å². The zero-order chi connectivity index (χ0) is 35.1. The number of rotatable bonds is 6. The molecule has 248 valence electrons. The maximum absolute atomic E-state index is 16.5. The van der Waals surface area contributed by atoms with E-state index in [4.69, 9.17) is 0 Å². The van der Waals surface area contributed by atoms with Gasteiger partial charge in [-0.2, -0.15) is 0 Å². The fourth-order valence-electron chi connectivity index (χ4n) is 7.89. The Kier molecular flexibility index (Phi) is 8.09. The van der Waals surface area contributed by atoms with Gasteiger partial charge in [0.05, 0.1) is 0 Å². The molecule has 0 heterocycles. The lowest BCUT2D eigenvalue weighted by Crippen LogP contribution is -2.29. The second-order valence-corrected chi connectivity index (χ2v) is 18.5. The van der Waals surface area contributed by atoms with Gasteiger partial charge in [-0.15, -0.1) is 0 Å². The fourth-order valence-corrected chi connectivity index (χ4v) is 13.7. The summed E-state index contributed by atoms with van der Waals surface area (Å²) in [6.07, 6.45) is 0. The van der Waals surface area contributed by atoms with Gasteiger partial charge < -0.3 is 9.13 Å². The normalized spacial score (nSPS) is 12.0. The third-order valence-electron chi connectivity index (χ3n) is 10.2. The molecule has 0 aromatic heterocycles. The van der Waals surface area contributed by atoms with Crippen LogP contribution in [-0.4, -0.2) is 0 Å². The summed E-state index contributed by atoms with van der Waals surface area (Å²) < 4.78 is 33.0. The fraction of sp³-hybridized carbons (Fsp3) is 0. The van der Waals surface area contributed by atoms with E-state index in [-0.39, 0.29) is 0 Å². The average molecular weight is 705 g/mol. The van der Waals surface area contributed by atoms with E-state index in [0.717, 1.165) is 73.6 Å².